The van der Waals surface area contributed by atoms with E-state index in [1.807, 2.05) is 4.72 Å². The fourth-order valence-corrected chi connectivity index (χ4v) is 3.29. The molecular weight excluding hydrogens is 432 g/mol. The lowest BCUT2D eigenvalue weighted by Crippen LogP contribution is -2.14. The number of halogens is 4. The van der Waals surface area contributed by atoms with E-state index in [9.17, 15) is 17.2 Å². The first-order valence-corrected chi connectivity index (χ1v) is 8.71. The maximum Gasteiger partial charge on any atom is 0.261 e. The molecule has 2 aromatic rings. The molecule has 0 atom stereocenters. The second kappa shape index (κ2) is 6.02. The standard InChI is InChI=1S/C13H9Br2F2NO2S/c1-7-4-8(2-3-9(7)14)21(19,20)18-13-6-11(16)10(15)5-12(13)17/h2-6,18H,1H3. The summed E-state index contributed by atoms with van der Waals surface area (Å²) in [6, 6.07) is 6.01. The zero-order valence-corrected chi connectivity index (χ0v) is 14.6. The first-order valence-electron chi connectivity index (χ1n) is 5.64. The van der Waals surface area contributed by atoms with Crippen molar-refractivity contribution in [2.75, 3.05) is 4.72 Å². The van der Waals surface area contributed by atoms with Gasteiger partial charge in [-0.1, -0.05) is 15.9 Å². The van der Waals surface area contributed by atoms with Crippen LogP contribution in [0.25, 0.3) is 0 Å². The molecule has 0 heterocycles. The molecule has 0 aliphatic carbocycles. The first-order chi connectivity index (χ1) is 9.70. The van der Waals surface area contributed by atoms with Crippen molar-refractivity contribution in [3.63, 3.8) is 0 Å². The van der Waals surface area contributed by atoms with Crippen molar-refractivity contribution in [2.24, 2.45) is 0 Å². The molecule has 0 bridgehead atoms. The molecule has 0 aromatic heterocycles. The van der Waals surface area contributed by atoms with Crippen LogP contribution in [0.2, 0.25) is 0 Å². The third kappa shape index (κ3) is 3.61. The lowest BCUT2D eigenvalue weighted by atomic mass is 10.2. The largest absolute Gasteiger partial charge is 0.277 e. The fraction of sp³-hybridized carbons (Fsp3) is 0.0769. The topological polar surface area (TPSA) is 46.2 Å². The maximum absolute atomic E-state index is 13.7. The Kier molecular flexibility index (Phi) is 4.69. The Balaban J connectivity index is 2.42. The summed E-state index contributed by atoms with van der Waals surface area (Å²) in [5.74, 6) is -1.64. The minimum atomic E-state index is -4.00. The Morgan fingerprint density at radius 1 is 1.00 bits per heavy atom. The number of anilines is 1. The minimum absolute atomic E-state index is 0.0362. The van der Waals surface area contributed by atoms with E-state index < -0.39 is 27.3 Å². The van der Waals surface area contributed by atoms with Gasteiger partial charge < -0.3 is 0 Å². The van der Waals surface area contributed by atoms with Crippen LogP contribution in [0.3, 0.4) is 0 Å². The van der Waals surface area contributed by atoms with E-state index >= 15 is 0 Å². The van der Waals surface area contributed by atoms with Gasteiger partial charge in [-0.25, -0.2) is 17.2 Å². The lowest BCUT2D eigenvalue weighted by molar-refractivity contribution is 0.591. The number of hydrogen-bond acceptors (Lipinski definition) is 2. The van der Waals surface area contributed by atoms with Gasteiger partial charge in [0.1, 0.15) is 11.6 Å². The van der Waals surface area contributed by atoms with Gasteiger partial charge in [-0.3, -0.25) is 4.72 Å². The van der Waals surface area contributed by atoms with Crippen LogP contribution in [0.15, 0.2) is 44.2 Å². The molecule has 0 fully saturated rings. The summed E-state index contributed by atoms with van der Waals surface area (Å²) >= 11 is 6.09. The van der Waals surface area contributed by atoms with Crippen LogP contribution in [0.5, 0.6) is 0 Å². The van der Waals surface area contributed by atoms with E-state index in [1.54, 1.807) is 13.0 Å². The van der Waals surface area contributed by atoms with E-state index in [1.165, 1.54) is 12.1 Å². The predicted octanol–water partition coefficient (Wildman–Crippen LogP) is 4.60. The minimum Gasteiger partial charge on any atom is -0.277 e. The first kappa shape index (κ1) is 16.4. The SMILES string of the molecule is Cc1cc(S(=O)(=O)Nc2cc(F)c(Br)cc2F)ccc1Br. The molecule has 0 saturated heterocycles. The summed E-state index contributed by atoms with van der Waals surface area (Å²) in [6.07, 6.45) is 0. The number of aryl methyl sites for hydroxylation is 1. The smallest absolute Gasteiger partial charge is 0.261 e. The summed E-state index contributed by atoms with van der Waals surface area (Å²) in [5, 5.41) is 0. The van der Waals surface area contributed by atoms with Gasteiger partial charge in [0.25, 0.3) is 10.0 Å². The Labute approximate surface area is 137 Å². The van der Waals surface area contributed by atoms with Gasteiger partial charge >= 0.3 is 0 Å². The van der Waals surface area contributed by atoms with Crippen LogP contribution in [-0.4, -0.2) is 8.42 Å². The molecule has 0 aliphatic rings. The number of hydrogen-bond donors (Lipinski definition) is 1. The van der Waals surface area contributed by atoms with Crippen LogP contribution in [0, 0.1) is 18.6 Å². The molecule has 0 saturated carbocycles. The number of nitrogens with one attached hydrogen (secondary N) is 1. The highest BCUT2D eigenvalue weighted by molar-refractivity contribution is 9.10. The highest BCUT2D eigenvalue weighted by Gasteiger charge is 2.18. The summed E-state index contributed by atoms with van der Waals surface area (Å²) in [4.78, 5) is -0.0362. The van der Waals surface area contributed by atoms with Crippen molar-refractivity contribution in [3.8, 4) is 0 Å². The third-order valence-electron chi connectivity index (χ3n) is 2.69. The second-order valence-electron chi connectivity index (χ2n) is 4.26. The molecule has 3 nitrogen and oxygen atoms in total. The highest BCUT2D eigenvalue weighted by Crippen LogP contribution is 2.26. The van der Waals surface area contributed by atoms with E-state index in [2.05, 4.69) is 31.9 Å². The zero-order chi connectivity index (χ0) is 15.8. The van der Waals surface area contributed by atoms with Gasteiger partial charge in [0.2, 0.25) is 0 Å². The van der Waals surface area contributed by atoms with Gasteiger partial charge in [0.05, 0.1) is 15.1 Å². The summed E-state index contributed by atoms with van der Waals surface area (Å²) < 4.78 is 54.2. The number of rotatable bonds is 3. The number of sulfonamides is 1. The lowest BCUT2D eigenvalue weighted by Gasteiger charge is -2.10. The molecule has 112 valence electrons. The van der Waals surface area contributed by atoms with E-state index in [4.69, 9.17) is 0 Å². The van der Waals surface area contributed by atoms with Gasteiger partial charge in [0, 0.05) is 10.5 Å². The van der Waals surface area contributed by atoms with Crippen LogP contribution in [0.1, 0.15) is 5.56 Å². The molecule has 21 heavy (non-hydrogen) atoms. The molecule has 0 unspecified atom stereocenters. The quantitative estimate of drug-likeness (QED) is 0.709. The fourth-order valence-electron chi connectivity index (χ4n) is 1.59. The zero-order valence-electron chi connectivity index (χ0n) is 10.6. The number of benzene rings is 2. The van der Waals surface area contributed by atoms with Crippen LogP contribution in [-0.2, 0) is 10.0 Å². The third-order valence-corrected chi connectivity index (χ3v) is 5.55. The van der Waals surface area contributed by atoms with Crippen molar-refractivity contribution in [1.82, 2.24) is 0 Å². The van der Waals surface area contributed by atoms with Crippen LogP contribution in [0.4, 0.5) is 14.5 Å². The van der Waals surface area contributed by atoms with Crippen molar-refractivity contribution < 1.29 is 17.2 Å². The molecule has 0 radical (unpaired) electrons. The molecule has 2 rings (SSSR count). The van der Waals surface area contributed by atoms with Gasteiger partial charge in [-0.15, -0.1) is 0 Å². The van der Waals surface area contributed by atoms with Crippen molar-refractivity contribution >= 4 is 47.6 Å². The molecule has 0 amide bonds. The highest BCUT2D eigenvalue weighted by atomic mass is 79.9. The van der Waals surface area contributed by atoms with E-state index in [-0.39, 0.29) is 9.37 Å². The molecule has 2 aromatic carbocycles. The van der Waals surface area contributed by atoms with E-state index in [0.717, 1.165) is 16.6 Å². The molecule has 1 N–H and O–H groups in total. The summed E-state index contributed by atoms with van der Waals surface area (Å²) in [6.45, 7) is 1.73. The second-order valence-corrected chi connectivity index (χ2v) is 7.65. The molecule has 8 heteroatoms. The average Bonchev–Trinajstić information content (AvgIpc) is 2.39. The van der Waals surface area contributed by atoms with Gasteiger partial charge in [-0.2, -0.15) is 0 Å². The predicted molar refractivity (Wildman–Crippen MR) is 83.7 cm³/mol. The van der Waals surface area contributed by atoms with Crippen LogP contribution < -0.4 is 4.72 Å². The Hall–Kier alpha value is -0.990. The Morgan fingerprint density at radius 3 is 2.29 bits per heavy atom. The Morgan fingerprint density at radius 2 is 1.67 bits per heavy atom. The molecular formula is C13H9Br2F2NO2S. The summed E-state index contributed by atoms with van der Waals surface area (Å²) in [5.41, 5.74) is 0.261. The Bertz CT molecular complexity index is 810. The van der Waals surface area contributed by atoms with Gasteiger partial charge in [-0.05, 0) is 52.7 Å². The average molecular weight is 441 g/mol. The van der Waals surface area contributed by atoms with Crippen molar-refractivity contribution in [1.29, 1.82) is 0 Å². The van der Waals surface area contributed by atoms with E-state index in [0.29, 0.717) is 5.56 Å². The maximum atomic E-state index is 13.7. The summed E-state index contributed by atoms with van der Waals surface area (Å²) in [7, 11) is -4.00. The van der Waals surface area contributed by atoms with Crippen molar-refractivity contribution in [2.45, 2.75) is 11.8 Å². The molecule has 0 spiro atoms. The van der Waals surface area contributed by atoms with Crippen LogP contribution >= 0.6 is 31.9 Å². The van der Waals surface area contributed by atoms with Crippen molar-refractivity contribution in [3.05, 3.63) is 56.5 Å². The normalized spacial score (nSPS) is 11.5. The monoisotopic (exact) mass is 439 g/mol. The molecule has 0 aliphatic heterocycles. The van der Waals surface area contributed by atoms with Gasteiger partial charge in [0.15, 0.2) is 0 Å².